The van der Waals surface area contributed by atoms with E-state index >= 15 is 0 Å². The summed E-state index contributed by atoms with van der Waals surface area (Å²) in [5, 5.41) is 2.60. The fourth-order valence-corrected chi connectivity index (χ4v) is 6.30. The standard InChI is InChI=1S/C23H26N2O5S2/c26-22(15-30-23(27)16-31-20-10-9-17-5-3-6-18(17)13-20)24-19-7-4-8-21(14-19)32(28,29)25-11-1-2-12-25/h4,7-10,13-14H,1-3,5-6,11-12,15-16H2,(H,24,26). The average molecular weight is 475 g/mol. The van der Waals surface area contributed by atoms with Crippen LogP contribution in [0.15, 0.2) is 52.3 Å². The average Bonchev–Trinajstić information content (AvgIpc) is 3.48. The van der Waals surface area contributed by atoms with Gasteiger partial charge in [-0.1, -0.05) is 12.1 Å². The van der Waals surface area contributed by atoms with E-state index in [1.807, 2.05) is 6.07 Å². The predicted molar refractivity (Wildman–Crippen MR) is 123 cm³/mol. The van der Waals surface area contributed by atoms with Gasteiger partial charge in [0.1, 0.15) is 0 Å². The van der Waals surface area contributed by atoms with Crippen LogP contribution in [0.25, 0.3) is 0 Å². The van der Waals surface area contributed by atoms with Crippen LogP contribution in [0.5, 0.6) is 0 Å². The van der Waals surface area contributed by atoms with E-state index in [1.165, 1.54) is 45.7 Å². The Morgan fingerprint density at radius 3 is 2.59 bits per heavy atom. The van der Waals surface area contributed by atoms with Gasteiger partial charge in [0.2, 0.25) is 10.0 Å². The Kier molecular flexibility index (Phi) is 7.17. The maximum Gasteiger partial charge on any atom is 0.316 e. The third kappa shape index (κ3) is 5.51. The Balaban J connectivity index is 1.25. The normalized spacial score (nSPS) is 16.0. The van der Waals surface area contributed by atoms with Crippen molar-refractivity contribution in [1.82, 2.24) is 4.31 Å². The smallest absolute Gasteiger partial charge is 0.316 e. The molecule has 0 unspecified atom stereocenters. The number of anilines is 1. The summed E-state index contributed by atoms with van der Waals surface area (Å²) in [4.78, 5) is 25.4. The van der Waals surface area contributed by atoms with Crippen molar-refractivity contribution in [3.05, 3.63) is 53.6 Å². The van der Waals surface area contributed by atoms with Crippen molar-refractivity contribution in [3.8, 4) is 0 Å². The Morgan fingerprint density at radius 2 is 1.78 bits per heavy atom. The topological polar surface area (TPSA) is 92.8 Å². The number of nitrogens with one attached hydrogen (secondary N) is 1. The van der Waals surface area contributed by atoms with Crippen molar-refractivity contribution in [2.45, 2.75) is 41.9 Å². The van der Waals surface area contributed by atoms with Gasteiger partial charge in [-0.05, 0) is 73.6 Å². The van der Waals surface area contributed by atoms with E-state index in [9.17, 15) is 18.0 Å². The van der Waals surface area contributed by atoms with Crippen molar-refractivity contribution in [2.24, 2.45) is 0 Å². The molecule has 0 radical (unpaired) electrons. The molecule has 32 heavy (non-hydrogen) atoms. The van der Waals surface area contributed by atoms with Gasteiger partial charge in [-0.3, -0.25) is 9.59 Å². The summed E-state index contributed by atoms with van der Waals surface area (Å²) in [5.74, 6) is -0.872. The van der Waals surface area contributed by atoms with Crippen LogP contribution in [0.4, 0.5) is 5.69 Å². The van der Waals surface area contributed by atoms with Crippen LogP contribution in [0.3, 0.4) is 0 Å². The molecule has 1 fully saturated rings. The minimum Gasteiger partial charge on any atom is -0.455 e. The molecular weight excluding hydrogens is 448 g/mol. The van der Waals surface area contributed by atoms with E-state index in [1.54, 1.807) is 12.1 Å². The summed E-state index contributed by atoms with van der Waals surface area (Å²) in [7, 11) is -3.57. The van der Waals surface area contributed by atoms with Crippen LogP contribution in [-0.4, -0.2) is 50.0 Å². The van der Waals surface area contributed by atoms with Crippen LogP contribution >= 0.6 is 11.8 Å². The highest BCUT2D eigenvalue weighted by Crippen LogP contribution is 2.27. The van der Waals surface area contributed by atoms with Gasteiger partial charge in [-0.25, -0.2) is 8.42 Å². The summed E-state index contributed by atoms with van der Waals surface area (Å²) < 4.78 is 31.9. The van der Waals surface area contributed by atoms with Crippen molar-refractivity contribution in [1.29, 1.82) is 0 Å². The Bertz CT molecular complexity index is 1110. The first-order valence-electron chi connectivity index (χ1n) is 10.7. The van der Waals surface area contributed by atoms with E-state index in [0.29, 0.717) is 18.8 Å². The molecule has 1 saturated heterocycles. The summed E-state index contributed by atoms with van der Waals surface area (Å²) in [5.41, 5.74) is 3.07. The molecule has 9 heteroatoms. The van der Waals surface area contributed by atoms with E-state index in [4.69, 9.17) is 4.74 Å². The molecule has 1 aliphatic heterocycles. The molecule has 1 amide bonds. The summed E-state index contributed by atoms with van der Waals surface area (Å²) in [6.45, 7) is 0.601. The van der Waals surface area contributed by atoms with E-state index < -0.39 is 28.5 Å². The minimum absolute atomic E-state index is 0.121. The van der Waals surface area contributed by atoms with Gasteiger partial charge in [-0.15, -0.1) is 11.8 Å². The largest absolute Gasteiger partial charge is 0.455 e. The number of esters is 1. The number of carbonyl (C=O) groups is 2. The van der Waals surface area contributed by atoms with Crippen LogP contribution in [0.2, 0.25) is 0 Å². The second kappa shape index (κ2) is 10.1. The third-order valence-electron chi connectivity index (χ3n) is 5.61. The number of benzene rings is 2. The van der Waals surface area contributed by atoms with E-state index in [0.717, 1.165) is 30.6 Å². The number of thioether (sulfide) groups is 1. The lowest BCUT2D eigenvalue weighted by Gasteiger charge is -2.16. The number of aryl methyl sites for hydroxylation is 2. The molecule has 7 nitrogen and oxygen atoms in total. The highest BCUT2D eigenvalue weighted by Gasteiger charge is 2.27. The first-order valence-corrected chi connectivity index (χ1v) is 13.1. The summed E-state index contributed by atoms with van der Waals surface area (Å²) >= 11 is 1.39. The van der Waals surface area contributed by atoms with Gasteiger partial charge in [0.05, 0.1) is 10.6 Å². The fourth-order valence-electron chi connectivity index (χ4n) is 3.98. The molecular formula is C23H26N2O5S2. The number of sulfonamides is 1. The molecule has 1 heterocycles. The molecule has 4 rings (SSSR count). The quantitative estimate of drug-likeness (QED) is 0.466. The predicted octanol–water partition coefficient (Wildman–Crippen LogP) is 3.23. The second-order valence-corrected chi connectivity index (χ2v) is 10.9. The number of rotatable bonds is 8. The molecule has 0 spiro atoms. The molecule has 0 atom stereocenters. The highest BCUT2D eigenvalue weighted by molar-refractivity contribution is 8.00. The van der Waals surface area contributed by atoms with Crippen molar-refractivity contribution < 1.29 is 22.7 Å². The molecule has 2 aliphatic rings. The van der Waals surface area contributed by atoms with Gasteiger partial charge in [-0.2, -0.15) is 4.31 Å². The van der Waals surface area contributed by atoms with E-state index in [-0.39, 0.29) is 10.6 Å². The molecule has 0 bridgehead atoms. The van der Waals surface area contributed by atoms with Crippen LogP contribution < -0.4 is 5.32 Å². The maximum atomic E-state index is 12.7. The SMILES string of the molecule is O=C(COC(=O)CSc1ccc2c(c1)CCC2)Nc1cccc(S(=O)(=O)N2CCCC2)c1. The lowest BCUT2D eigenvalue weighted by molar-refractivity contribution is -0.144. The van der Waals surface area contributed by atoms with E-state index in [2.05, 4.69) is 17.4 Å². The number of nitrogens with zero attached hydrogens (tertiary/aromatic N) is 1. The number of ether oxygens (including phenoxy) is 1. The first-order chi connectivity index (χ1) is 15.4. The molecule has 0 saturated carbocycles. The fraction of sp³-hybridized carbons (Fsp3) is 0.391. The zero-order valence-corrected chi connectivity index (χ0v) is 19.3. The summed E-state index contributed by atoms with van der Waals surface area (Å²) in [6, 6.07) is 12.4. The van der Waals surface area contributed by atoms with Gasteiger partial charge >= 0.3 is 5.97 Å². The van der Waals surface area contributed by atoms with Crippen LogP contribution in [0, 0.1) is 0 Å². The lowest BCUT2D eigenvalue weighted by Crippen LogP contribution is -2.28. The van der Waals surface area contributed by atoms with Crippen molar-refractivity contribution in [2.75, 3.05) is 30.8 Å². The maximum absolute atomic E-state index is 12.7. The van der Waals surface area contributed by atoms with Crippen LogP contribution in [0.1, 0.15) is 30.4 Å². The number of carbonyl (C=O) groups excluding carboxylic acids is 2. The summed E-state index contributed by atoms with van der Waals surface area (Å²) in [6.07, 6.45) is 5.07. The molecule has 2 aromatic carbocycles. The Morgan fingerprint density at radius 1 is 1.00 bits per heavy atom. The van der Waals surface area contributed by atoms with Gasteiger partial charge in [0.25, 0.3) is 5.91 Å². The number of amides is 1. The van der Waals surface area contributed by atoms with Crippen LogP contribution in [-0.2, 0) is 37.2 Å². The minimum atomic E-state index is -3.57. The molecule has 1 N–H and O–H groups in total. The third-order valence-corrected chi connectivity index (χ3v) is 8.47. The number of hydrogen-bond donors (Lipinski definition) is 1. The number of hydrogen-bond acceptors (Lipinski definition) is 6. The van der Waals surface area contributed by atoms with Gasteiger partial charge < -0.3 is 10.1 Å². The second-order valence-electron chi connectivity index (χ2n) is 7.92. The molecule has 1 aliphatic carbocycles. The van der Waals surface area contributed by atoms with Crippen molar-refractivity contribution >= 4 is 39.3 Å². The lowest BCUT2D eigenvalue weighted by atomic mass is 10.1. The highest BCUT2D eigenvalue weighted by atomic mass is 32.2. The Labute approximate surface area is 192 Å². The van der Waals surface area contributed by atoms with Crippen molar-refractivity contribution in [3.63, 3.8) is 0 Å². The molecule has 0 aromatic heterocycles. The monoisotopic (exact) mass is 474 g/mol. The molecule has 170 valence electrons. The van der Waals surface area contributed by atoms with Gasteiger partial charge in [0, 0.05) is 23.7 Å². The Hall–Kier alpha value is -2.36. The first kappa shape index (κ1) is 22.8. The molecule has 2 aromatic rings. The van der Waals surface area contributed by atoms with Gasteiger partial charge in [0.15, 0.2) is 6.61 Å². The number of fused-ring (bicyclic) bond motifs is 1. The zero-order valence-electron chi connectivity index (χ0n) is 17.7. The zero-order chi connectivity index (χ0) is 22.6.